The van der Waals surface area contributed by atoms with E-state index in [1.54, 1.807) is 0 Å². The molecular weight excluding hydrogens is 176 g/mol. The minimum atomic E-state index is 0.799. The molecule has 3 nitrogen and oxygen atoms in total. The molecule has 14 heavy (non-hydrogen) atoms. The Morgan fingerprint density at radius 1 is 1.36 bits per heavy atom. The Kier molecular flexibility index (Phi) is 2.48. The number of carbonyl (C=O) groups is 1. The molecule has 0 N–H and O–H groups in total. The molecule has 2 heterocycles. The number of amides is 1. The molecule has 0 aliphatic carbocycles. The first-order chi connectivity index (χ1) is 6.79. The van der Waals surface area contributed by atoms with Crippen LogP contribution >= 0.6 is 0 Å². The van der Waals surface area contributed by atoms with Crippen molar-refractivity contribution in [2.24, 2.45) is 0 Å². The van der Waals surface area contributed by atoms with Crippen LogP contribution in [-0.4, -0.2) is 29.4 Å². The molecule has 1 aromatic heterocycles. The lowest BCUT2D eigenvalue weighted by Gasteiger charge is -2.11. The van der Waals surface area contributed by atoms with Crippen molar-refractivity contribution in [2.75, 3.05) is 13.1 Å². The lowest BCUT2D eigenvalue weighted by atomic mass is 10.1. The Hall–Kier alpha value is -1.38. The van der Waals surface area contributed by atoms with Gasteiger partial charge in [0.25, 0.3) is 0 Å². The summed E-state index contributed by atoms with van der Waals surface area (Å²) in [6.45, 7) is 3.62. The van der Waals surface area contributed by atoms with E-state index < -0.39 is 0 Å². The number of fused-ring (bicyclic) bond motifs is 1. The fourth-order valence-corrected chi connectivity index (χ4v) is 1.81. The standard InChI is InChI=1S/C11H14N2O/c1-9-2-3-10-4-6-13(8-14)7-5-11(10)12-9/h2-3,8H,4-7H2,1H3. The van der Waals surface area contributed by atoms with Crippen molar-refractivity contribution in [3.05, 3.63) is 29.1 Å². The average Bonchev–Trinajstić information content (AvgIpc) is 2.39. The molecule has 1 aromatic rings. The van der Waals surface area contributed by atoms with Crippen LogP contribution in [0.4, 0.5) is 0 Å². The van der Waals surface area contributed by atoms with Gasteiger partial charge in [0.2, 0.25) is 6.41 Å². The molecule has 1 aliphatic heterocycles. The quantitative estimate of drug-likeness (QED) is 0.618. The second-order valence-corrected chi connectivity index (χ2v) is 3.70. The number of carbonyl (C=O) groups excluding carboxylic acids is 1. The lowest BCUT2D eigenvalue weighted by Crippen LogP contribution is -2.24. The van der Waals surface area contributed by atoms with E-state index in [2.05, 4.69) is 11.1 Å². The first kappa shape index (κ1) is 9.19. The molecule has 0 radical (unpaired) electrons. The fraction of sp³-hybridized carbons (Fsp3) is 0.455. The summed E-state index contributed by atoms with van der Waals surface area (Å²) in [5.41, 5.74) is 3.51. The smallest absolute Gasteiger partial charge is 0.209 e. The van der Waals surface area contributed by atoms with Gasteiger partial charge in [-0.2, -0.15) is 0 Å². The SMILES string of the molecule is Cc1ccc2c(n1)CCN(C=O)CC2. The van der Waals surface area contributed by atoms with E-state index in [4.69, 9.17) is 0 Å². The monoisotopic (exact) mass is 190 g/mol. The van der Waals surface area contributed by atoms with Crippen molar-refractivity contribution >= 4 is 6.41 Å². The summed E-state index contributed by atoms with van der Waals surface area (Å²) in [6.07, 6.45) is 2.75. The van der Waals surface area contributed by atoms with Crippen LogP contribution in [0.15, 0.2) is 12.1 Å². The average molecular weight is 190 g/mol. The third-order valence-corrected chi connectivity index (χ3v) is 2.66. The van der Waals surface area contributed by atoms with Gasteiger partial charge in [0.05, 0.1) is 0 Å². The van der Waals surface area contributed by atoms with Crippen LogP contribution in [-0.2, 0) is 17.6 Å². The number of aromatic nitrogens is 1. The number of nitrogens with zero attached hydrogens (tertiary/aromatic N) is 2. The molecule has 74 valence electrons. The molecule has 0 spiro atoms. The van der Waals surface area contributed by atoms with Gasteiger partial charge in [-0.15, -0.1) is 0 Å². The number of hydrogen-bond donors (Lipinski definition) is 0. The normalized spacial score (nSPS) is 15.9. The molecule has 1 aliphatic rings. The zero-order valence-corrected chi connectivity index (χ0v) is 8.36. The molecule has 0 unspecified atom stereocenters. The van der Waals surface area contributed by atoms with E-state index >= 15 is 0 Å². The van der Waals surface area contributed by atoms with Gasteiger partial charge in [-0.3, -0.25) is 9.78 Å². The Morgan fingerprint density at radius 3 is 2.93 bits per heavy atom. The Balaban J connectivity index is 2.25. The highest BCUT2D eigenvalue weighted by molar-refractivity contribution is 5.47. The molecular formula is C11H14N2O. The second kappa shape index (κ2) is 3.78. The van der Waals surface area contributed by atoms with Crippen LogP contribution in [0.2, 0.25) is 0 Å². The van der Waals surface area contributed by atoms with E-state index in [0.717, 1.165) is 43.7 Å². The van der Waals surface area contributed by atoms with Crippen molar-refractivity contribution in [1.29, 1.82) is 0 Å². The molecule has 0 saturated heterocycles. The Bertz CT molecular complexity index is 349. The summed E-state index contributed by atoms with van der Waals surface area (Å²) in [4.78, 5) is 17.0. The number of rotatable bonds is 1. The third kappa shape index (κ3) is 1.76. The topological polar surface area (TPSA) is 33.2 Å². The van der Waals surface area contributed by atoms with E-state index in [9.17, 15) is 4.79 Å². The van der Waals surface area contributed by atoms with Gasteiger partial charge in [-0.05, 0) is 25.0 Å². The minimum absolute atomic E-state index is 0.799. The van der Waals surface area contributed by atoms with Crippen molar-refractivity contribution in [3.63, 3.8) is 0 Å². The van der Waals surface area contributed by atoms with Crippen LogP contribution in [0.3, 0.4) is 0 Å². The van der Waals surface area contributed by atoms with E-state index in [1.165, 1.54) is 5.56 Å². The van der Waals surface area contributed by atoms with Crippen LogP contribution in [0, 0.1) is 6.92 Å². The third-order valence-electron chi connectivity index (χ3n) is 2.66. The molecule has 1 amide bonds. The van der Waals surface area contributed by atoms with Gasteiger partial charge in [0.1, 0.15) is 0 Å². The molecule has 0 atom stereocenters. The zero-order valence-electron chi connectivity index (χ0n) is 8.36. The highest BCUT2D eigenvalue weighted by Crippen LogP contribution is 2.13. The highest BCUT2D eigenvalue weighted by Gasteiger charge is 2.12. The summed E-state index contributed by atoms with van der Waals surface area (Å²) in [7, 11) is 0. The predicted molar refractivity (Wildman–Crippen MR) is 54.0 cm³/mol. The summed E-state index contributed by atoms with van der Waals surface area (Å²) in [5, 5.41) is 0. The highest BCUT2D eigenvalue weighted by atomic mass is 16.1. The van der Waals surface area contributed by atoms with Crippen molar-refractivity contribution in [2.45, 2.75) is 19.8 Å². The first-order valence-electron chi connectivity index (χ1n) is 4.94. The van der Waals surface area contributed by atoms with Gasteiger partial charge < -0.3 is 4.90 Å². The Morgan fingerprint density at radius 2 is 2.14 bits per heavy atom. The van der Waals surface area contributed by atoms with Crippen molar-refractivity contribution in [1.82, 2.24) is 9.88 Å². The van der Waals surface area contributed by atoms with Gasteiger partial charge in [0, 0.05) is 30.9 Å². The largest absolute Gasteiger partial charge is 0.345 e. The minimum Gasteiger partial charge on any atom is -0.345 e. The summed E-state index contributed by atoms with van der Waals surface area (Å²) in [5.74, 6) is 0. The molecule has 0 saturated carbocycles. The maximum Gasteiger partial charge on any atom is 0.209 e. The molecule has 0 fully saturated rings. The Labute approximate surface area is 83.8 Å². The lowest BCUT2D eigenvalue weighted by molar-refractivity contribution is -0.118. The van der Waals surface area contributed by atoms with Gasteiger partial charge in [0.15, 0.2) is 0 Å². The molecule has 0 aromatic carbocycles. The maximum absolute atomic E-state index is 10.6. The molecule has 2 rings (SSSR count). The van der Waals surface area contributed by atoms with Crippen molar-refractivity contribution in [3.8, 4) is 0 Å². The van der Waals surface area contributed by atoms with Crippen LogP contribution in [0.5, 0.6) is 0 Å². The number of aryl methyl sites for hydroxylation is 1. The van der Waals surface area contributed by atoms with Gasteiger partial charge in [-0.1, -0.05) is 6.07 Å². The van der Waals surface area contributed by atoms with E-state index in [-0.39, 0.29) is 0 Å². The first-order valence-corrected chi connectivity index (χ1v) is 4.94. The van der Waals surface area contributed by atoms with Crippen LogP contribution < -0.4 is 0 Å². The summed E-state index contributed by atoms with van der Waals surface area (Å²) in [6, 6.07) is 4.17. The molecule has 3 heteroatoms. The van der Waals surface area contributed by atoms with E-state index in [1.807, 2.05) is 17.9 Å². The summed E-state index contributed by atoms with van der Waals surface area (Å²) >= 11 is 0. The van der Waals surface area contributed by atoms with E-state index in [0.29, 0.717) is 0 Å². The fourth-order valence-electron chi connectivity index (χ4n) is 1.81. The number of hydrogen-bond acceptors (Lipinski definition) is 2. The van der Waals surface area contributed by atoms with Gasteiger partial charge >= 0.3 is 0 Å². The second-order valence-electron chi connectivity index (χ2n) is 3.70. The van der Waals surface area contributed by atoms with Gasteiger partial charge in [-0.25, -0.2) is 0 Å². The van der Waals surface area contributed by atoms with Crippen LogP contribution in [0.25, 0.3) is 0 Å². The molecule has 0 bridgehead atoms. The summed E-state index contributed by atoms with van der Waals surface area (Å²) < 4.78 is 0. The maximum atomic E-state index is 10.6. The zero-order chi connectivity index (χ0) is 9.97. The predicted octanol–water partition coefficient (Wildman–Crippen LogP) is 0.947. The number of pyridine rings is 1. The van der Waals surface area contributed by atoms with Crippen LogP contribution in [0.1, 0.15) is 17.0 Å². The van der Waals surface area contributed by atoms with Crippen molar-refractivity contribution < 1.29 is 4.79 Å².